The van der Waals surface area contributed by atoms with Crippen molar-refractivity contribution < 1.29 is 24.3 Å². The number of carbonyl (C=O) groups excluding carboxylic acids is 4. The summed E-state index contributed by atoms with van der Waals surface area (Å²) < 4.78 is 0. The number of hydrogen-bond acceptors (Lipinski definition) is 7. The van der Waals surface area contributed by atoms with E-state index < -0.39 is 35.9 Å². The number of aliphatic hydroxyl groups excluding tert-OH is 1. The third kappa shape index (κ3) is 6.61. The molecule has 5 N–H and O–H groups in total. The lowest BCUT2D eigenvalue weighted by molar-refractivity contribution is -0.136. The normalized spacial score (nSPS) is 17.6. The Labute approximate surface area is 223 Å². The maximum atomic E-state index is 13.0. The van der Waals surface area contributed by atoms with Gasteiger partial charge in [-0.3, -0.25) is 19.2 Å². The molecule has 4 amide bonds. The van der Waals surface area contributed by atoms with Gasteiger partial charge in [-0.1, -0.05) is 42.5 Å². The van der Waals surface area contributed by atoms with Crippen LogP contribution in [0.15, 0.2) is 60.0 Å². The van der Waals surface area contributed by atoms with E-state index in [-0.39, 0.29) is 25.3 Å². The number of amides is 4. The van der Waals surface area contributed by atoms with E-state index in [1.165, 1.54) is 23.2 Å². The number of nitrogens with two attached hydrogens (primary N) is 1. The summed E-state index contributed by atoms with van der Waals surface area (Å²) >= 11 is 1.23. The summed E-state index contributed by atoms with van der Waals surface area (Å²) in [4.78, 5) is 55.2. The number of rotatable bonds is 9. The van der Waals surface area contributed by atoms with E-state index in [2.05, 4.69) is 15.6 Å². The molecule has 4 rings (SSSR count). The van der Waals surface area contributed by atoms with Crippen molar-refractivity contribution in [2.24, 2.45) is 5.73 Å². The van der Waals surface area contributed by atoms with Crippen LogP contribution in [0.5, 0.6) is 0 Å². The van der Waals surface area contributed by atoms with E-state index in [0.29, 0.717) is 22.8 Å². The van der Waals surface area contributed by atoms with Gasteiger partial charge in [-0.05, 0) is 31.0 Å². The van der Waals surface area contributed by atoms with Gasteiger partial charge < -0.3 is 26.4 Å². The quantitative estimate of drug-likeness (QED) is 0.328. The van der Waals surface area contributed by atoms with Crippen LogP contribution in [0, 0.1) is 0 Å². The topological polar surface area (TPSA) is 155 Å². The second-order valence-electron chi connectivity index (χ2n) is 9.14. The standard InChI is InChI=1S/C27H29N5O5S/c1-16(24(28)35)29-25(36)19-10-8-18(9-11-19)21-15-38-27(30-21)31-26(37)22-13-20(33)14-32(22)23(34)12-7-17-5-3-2-4-6-17/h2-6,8-11,15-16,20,22,33H,7,12-14H2,1H3,(H2,28,35)(H,29,36)(H,30,31,37)/t16-,20+,22+/m1/s1. The second kappa shape index (κ2) is 12.0. The van der Waals surface area contributed by atoms with Crippen LogP contribution < -0.4 is 16.4 Å². The molecule has 198 valence electrons. The van der Waals surface area contributed by atoms with E-state index in [4.69, 9.17) is 5.73 Å². The van der Waals surface area contributed by atoms with Crippen molar-refractivity contribution in [2.45, 2.75) is 44.4 Å². The molecule has 0 aliphatic carbocycles. The van der Waals surface area contributed by atoms with E-state index in [1.807, 2.05) is 30.3 Å². The Morgan fingerprint density at radius 2 is 1.84 bits per heavy atom. The van der Waals surface area contributed by atoms with Crippen molar-refractivity contribution in [1.29, 1.82) is 0 Å². The SMILES string of the molecule is C[C@@H](NC(=O)c1ccc(-c2csc(NC(=O)[C@@H]3C[C@H](O)CN3C(=O)CCc3ccccc3)n2)cc1)C(N)=O. The lowest BCUT2D eigenvalue weighted by Crippen LogP contribution is -2.43. The lowest BCUT2D eigenvalue weighted by Gasteiger charge is -2.23. The molecule has 1 aliphatic heterocycles. The van der Waals surface area contributed by atoms with Gasteiger partial charge in [0.05, 0.1) is 11.8 Å². The van der Waals surface area contributed by atoms with Crippen LogP contribution in [0.4, 0.5) is 5.13 Å². The fourth-order valence-electron chi connectivity index (χ4n) is 4.17. The van der Waals surface area contributed by atoms with E-state index >= 15 is 0 Å². The molecule has 1 aliphatic rings. The minimum Gasteiger partial charge on any atom is -0.391 e. The van der Waals surface area contributed by atoms with E-state index in [9.17, 15) is 24.3 Å². The zero-order valence-corrected chi connectivity index (χ0v) is 21.6. The summed E-state index contributed by atoms with van der Waals surface area (Å²) in [5.74, 6) is -1.62. The zero-order chi connectivity index (χ0) is 27.2. The van der Waals surface area contributed by atoms with Crippen molar-refractivity contribution in [3.63, 3.8) is 0 Å². The van der Waals surface area contributed by atoms with Gasteiger partial charge in [0.2, 0.25) is 17.7 Å². The molecular weight excluding hydrogens is 506 g/mol. The first kappa shape index (κ1) is 27.0. The first-order chi connectivity index (χ1) is 18.2. The molecule has 1 fully saturated rings. The van der Waals surface area contributed by atoms with Crippen LogP contribution in [0.25, 0.3) is 11.3 Å². The molecule has 0 spiro atoms. The number of thiazole rings is 1. The maximum Gasteiger partial charge on any atom is 0.251 e. The number of carbonyl (C=O) groups is 4. The van der Waals surface area contributed by atoms with Crippen LogP contribution in [0.1, 0.15) is 35.7 Å². The number of anilines is 1. The molecule has 0 unspecified atom stereocenters. The number of β-amino-alcohol motifs (C(OH)–C–C–N with tert-alkyl or cyclic N) is 1. The number of aryl methyl sites for hydroxylation is 1. The minimum absolute atomic E-state index is 0.118. The molecule has 3 aromatic rings. The number of aromatic nitrogens is 1. The molecule has 0 saturated carbocycles. The fourth-order valence-corrected chi connectivity index (χ4v) is 4.90. The smallest absolute Gasteiger partial charge is 0.251 e. The van der Waals surface area contributed by atoms with Crippen molar-refractivity contribution in [1.82, 2.24) is 15.2 Å². The first-order valence-corrected chi connectivity index (χ1v) is 13.1. The molecule has 0 radical (unpaired) electrons. The molecule has 38 heavy (non-hydrogen) atoms. The molecule has 0 bridgehead atoms. The molecule has 2 heterocycles. The van der Waals surface area contributed by atoms with Crippen LogP contribution >= 0.6 is 11.3 Å². The summed E-state index contributed by atoms with van der Waals surface area (Å²) in [5.41, 5.74) is 7.91. The Morgan fingerprint density at radius 1 is 1.13 bits per heavy atom. The van der Waals surface area contributed by atoms with E-state index in [1.54, 1.807) is 29.6 Å². The summed E-state index contributed by atoms with van der Waals surface area (Å²) in [6.07, 6.45) is 0.206. The molecule has 1 saturated heterocycles. The van der Waals surface area contributed by atoms with Crippen molar-refractivity contribution in [2.75, 3.05) is 11.9 Å². The molecule has 10 nitrogen and oxygen atoms in total. The maximum absolute atomic E-state index is 13.0. The van der Waals surface area contributed by atoms with E-state index in [0.717, 1.165) is 11.1 Å². The highest BCUT2D eigenvalue weighted by atomic mass is 32.1. The van der Waals surface area contributed by atoms with Crippen molar-refractivity contribution in [3.05, 3.63) is 71.1 Å². The van der Waals surface area contributed by atoms with Crippen molar-refractivity contribution >= 4 is 40.1 Å². The summed E-state index contributed by atoms with van der Waals surface area (Å²) in [7, 11) is 0. The number of hydrogen-bond donors (Lipinski definition) is 4. The number of likely N-dealkylation sites (tertiary alicyclic amines) is 1. The highest BCUT2D eigenvalue weighted by Gasteiger charge is 2.38. The minimum atomic E-state index is -0.789. The van der Waals surface area contributed by atoms with Gasteiger partial charge in [0.15, 0.2) is 5.13 Å². The van der Waals surface area contributed by atoms with Gasteiger partial charge in [0, 0.05) is 35.9 Å². The molecule has 1 aromatic heterocycles. The number of nitrogens with one attached hydrogen (secondary N) is 2. The number of aliphatic hydroxyl groups is 1. The summed E-state index contributed by atoms with van der Waals surface area (Å²) in [6.45, 7) is 1.62. The van der Waals surface area contributed by atoms with Gasteiger partial charge in [-0.25, -0.2) is 4.98 Å². The summed E-state index contributed by atoms with van der Waals surface area (Å²) in [6, 6.07) is 14.7. The molecular formula is C27H29N5O5S. The van der Waals surface area contributed by atoms with Crippen LogP contribution in [-0.2, 0) is 20.8 Å². The Hall–Kier alpha value is -4.09. The third-order valence-electron chi connectivity index (χ3n) is 6.32. The van der Waals surface area contributed by atoms with Crippen LogP contribution in [-0.4, -0.2) is 63.4 Å². The fraction of sp³-hybridized carbons (Fsp3) is 0.296. The average molecular weight is 536 g/mol. The number of nitrogens with zero attached hydrogens (tertiary/aromatic N) is 2. The van der Waals surface area contributed by atoms with Crippen molar-refractivity contribution in [3.8, 4) is 11.3 Å². The highest BCUT2D eigenvalue weighted by molar-refractivity contribution is 7.14. The predicted octanol–water partition coefficient (Wildman–Crippen LogP) is 1.95. The zero-order valence-electron chi connectivity index (χ0n) is 20.8. The Morgan fingerprint density at radius 3 is 2.53 bits per heavy atom. The average Bonchev–Trinajstić information content (AvgIpc) is 3.54. The summed E-state index contributed by atoms with van der Waals surface area (Å²) in [5, 5.41) is 17.6. The van der Waals surface area contributed by atoms with Gasteiger partial charge in [-0.2, -0.15) is 0 Å². The van der Waals surface area contributed by atoms with Crippen LogP contribution in [0.2, 0.25) is 0 Å². The Kier molecular flexibility index (Phi) is 8.49. The highest BCUT2D eigenvalue weighted by Crippen LogP contribution is 2.27. The van der Waals surface area contributed by atoms with Gasteiger partial charge >= 0.3 is 0 Å². The second-order valence-corrected chi connectivity index (χ2v) is 10.00. The van der Waals surface area contributed by atoms with Gasteiger partial charge in [0.25, 0.3) is 5.91 Å². The first-order valence-electron chi connectivity index (χ1n) is 12.2. The van der Waals surface area contributed by atoms with Crippen LogP contribution in [0.3, 0.4) is 0 Å². The van der Waals surface area contributed by atoms with Gasteiger partial charge in [0.1, 0.15) is 12.1 Å². The third-order valence-corrected chi connectivity index (χ3v) is 7.08. The Balaban J connectivity index is 1.36. The Bertz CT molecular complexity index is 1310. The monoisotopic (exact) mass is 535 g/mol. The molecule has 11 heteroatoms. The number of primary amides is 1. The largest absolute Gasteiger partial charge is 0.391 e. The number of benzene rings is 2. The molecule has 3 atom stereocenters. The van der Waals surface area contributed by atoms with Gasteiger partial charge in [-0.15, -0.1) is 11.3 Å². The lowest BCUT2D eigenvalue weighted by atomic mass is 10.1. The predicted molar refractivity (Wildman–Crippen MR) is 143 cm³/mol. The molecule has 2 aromatic carbocycles.